The van der Waals surface area contributed by atoms with Crippen LogP contribution in [0.5, 0.6) is 0 Å². The van der Waals surface area contributed by atoms with Crippen molar-refractivity contribution < 1.29 is 35.9 Å². The number of alkyl halides is 6. The number of imidazole rings is 1. The molecule has 1 heterocycles. The number of hydrogen-bond acceptors (Lipinski definition) is 3. The topological polar surface area (TPSA) is 86.9 Å². The van der Waals surface area contributed by atoms with Crippen LogP contribution < -0.4 is 10.6 Å². The van der Waals surface area contributed by atoms with Crippen molar-refractivity contribution >= 4 is 34.2 Å². The smallest absolute Gasteiger partial charge is 0.338 e. The third-order valence-electron chi connectivity index (χ3n) is 6.76. The highest BCUT2D eigenvalue weighted by molar-refractivity contribution is 6.06. The Kier molecular flexibility index (Phi) is 7.40. The molecule has 5 rings (SSSR count). The molecule has 6 nitrogen and oxygen atoms in total. The van der Waals surface area contributed by atoms with Gasteiger partial charge < -0.3 is 15.6 Å². The fourth-order valence-corrected chi connectivity index (χ4v) is 4.54. The van der Waals surface area contributed by atoms with Gasteiger partial charge in [0.15, 0.2) is 0 Å². The highest BCUT2D eigenvalue weighted by Crippen LogP contribution is 2.37. The molecule has 1 aliphatic rings. The number of nitrogens with zero attached hydrogens (tertiary/aromatic N) is 1. The number of hydrogen-bond donors (Lipinski definition) is 3. The number of fused-ring (bicyclic) bond motifs is 1. The molecule has 0 bridgehead atoms. The van der Waals surface area contributed by atoms with Crippen LogP contribution in [0.4, 0.5) is 37.7 Å². The molecule has 12 heteroatoms. The average molecular weight is 585 g/mol. The number of carbonyl (C=O) groups is 2. The molecule has 0 aliphatic heterocycles. The number of H-pyrrole nitrogens is 1. The van der Waals surface area contributed by atoms with Gasteiger partial charge in [0.1, 0.15) is 5.82 Å². The number of amides is 2. The van der Waals surface area contributed by atoms with E-state index >= 15 is 0 Å². The first-order valence-electron chi connectivity index (χ1n) is 12.6. The Morgan fingerprint density at radius 2 is 1.48 bits per heavy atom. The predicted molar refractivity (Wildman–Crippen MR) is 145 cm³/mol. The van der Waals surface area contributed by atoms with Crippen molar-refractivity contribution in [3.05, 3.63) is 102 Å². The van der Waals surface area contributed by atoms with Crippen molar-refractivity contribution in [3.8, 4) is 11.4 Å². The zero-order chi connectivity index (χ0) is 30.2. The first-order chi connectivity index (χ1) is 19.8. The lowest BCUT2D eigenvalue weighted by atomic mass is 9.86. The summed E-state index contributed by atoms with van der Waals surface area (Å²) in [5, 5.41) is 5.32. The molecule has 1 aromatic heterocycles. The van der Waals surface area contributed by atoms with Crippen molar-refractivity contribution in [2.45, 2.75) is 19.3 Å². The number of aromatic nitrogens is 2. The number of benzene rings is 3. The van der Waals surface area contributed by atoms with Crippen LogP contribution >= 0.6 is 0 Å². The van der Waals surface area contributed by atoms with Gasteiger partial charge in [0, 0.05) is 28.1 Å². The van der Waals surface area contributed by atoms with Crippen LogP contribution in [0.3, 0.4) is 0 Å². The SMILES string of the molecule is CC1C=C(C(=O)Nc2ccc(-c3nc4ccc(NC(=O)c5ccc(C(F)(F)F)cc5)cc4[nH]3)cc2)C=CC1C(F)(F)F. The molecule has 0 radical (unpaired) electrons. The summed E-state index contributed by atoms with van der Waals surface area (Å²) in [6.45, 7) is 1.41. The van der Waals surface area contributed by atoms with Gasteiger partial charge in [-0.15, -0.1) is 0 Å². The fourth-order valence-electron chi connectivity index (χ4n) is 4.54. The van der Waals surface area contributed by atoms with Crippen molar-refractivity contribution in [1.29, 1.82) is 0 Å². The second-order valence-electron chi connectivity index (χ2n) is 9.79. The van der Waals surface area contributed by atoms with Crippen LogP contribution in [0, 0.1) is 11.8 Å². The molecule has 0 saturated heterocycles. The van der Waals surface area contributed by atoms with Gasteiger partial charge in [-0.1, -0.05) is 25.2 Å². The third-order valence-corrected chi connectivity index (χ3v) is 6.76. The van der Waals surface area contributed by atoms with E-state index in [1.165, 1.54) is 19.1 Å². The summed E-state index contributed by atoms with van der Waals surface area (Å²) in [7, 11) is 0. The number of aromatic amines is 1. The highest BCUT2D eigenvalue weighted by Gasteiger charge is 2.42. The molecule has 216 valence electrons. The van der Waals surface area contributed by atoms with E-state index in [2.05, 4.69) is 20.6 Å². The minimum Gasteiger partial charge on any atom is -0.338 e. The molecule has 3 N–H and O–H groups in total. The predicted octanol–water partition coefficient (Wildman–Crippen LogP) is 7.75. The van der Waals surface area contributed by atoms with Gasteiger partial charge in [-0.25, -0.2) is 4.98 Å². The first-order valence-corrected chi connectivity index (χ1v) is 12.6. The maximum atomic E-state index is 13.1. The lowest BCUT2D eigenvalue weighted by molar-refractivity contribution is -0.169. The van der Waals surface area contributed by atoms with Crippen LogP contribution in [0.1, 0.15) is 22.8 Å². The standard InChI is InChI=1S/C30H22F6N4O2/c1-16-14-19(6-12-23(16)30(34,35)36)28(42)37-21-9-4-17(5-10-21)26-39-24-13-11-22(15-25(24)40-26)38-27(41)18-2-7-20(8-3-18)29(31,32)33/h2-16,23H,1H3,(H,37,42)(H,38,41)(H,39,40). The van der Waals surface area contributed by atoms with E-state index < -0.39 is 41.6 Å². The van der Waals surface area contributed by atoms with Crippen LogP contribution in [0.2, 0.25) is 0 Å². The van der Waals surface area contributed by atoms with E-state index in [1.54, 1.807) is 42.5 Å². The van der Waals surface area contributed by atoms with Crippen molar-refractivity contribution in [1.82, 2.24) is 9.97 Å². The van der Waals surface area contributed by atoms with E-state index in [4.69, 9.17) is 0 Å². The fraction of sp³-hybridized carbons (Fsp3) is 0.167. The number of halogens is 6. The van der Waals surface area contributed by atoms with E-state index in [0.717, 1.165) is 30.3 Å². The molecular formula is C30H22F6N4O2. The van der Waals surface area contributed by atoms with Gasteiger partial charge in [-0.2, -0.15) is 26.3 Å². The number of anilines is 2. The van der Waals surface area contributed by atoms with Crippen LogP contribution in [-0.2, 0) is 11.0 Å². The third kappa shape index (κ3) is 6.22. The Labute approximate surface area is 235 Å². The van der Waals surface area contributed by atoms with Crippen LogP contribution in [0.15, 0.2) is 90.5 Å². The minimum atomic E-state index is -4.50. The zero-order valence-corrected chi connectivity index (χ0v) is 21.8. The van der Waals surface area contributed by atoms with Gasteiger partial charge >= 0.3 is 12.4 Å². The molecule has 0 spiro atoms. The summed E-state index contributed by atoms with van der Waals surface area (Å²) in [6, 6.07) is 15.5. The Balaban J connectivity index is 1.24. The number of carbonyl (C=O) groups excluding carboxylic acids is 2. The Morgan fingerprint density at radius 3 is 2.10 bits per heavy atom. The normalized spacial score (nSPS) is 17.2. The molecule has 0 saturated carbocycles. The molecule has 0 fully saturated rings. The zero-order valence-electron chi connectivity index (χ0n) is 21.8. The summed E-state index contributed by atoms with van der Waals surface area (Å²) in [4.78, 5) is 32.8. The Hall–Kier alpha value is -4.87. The highest BCUT2D eigenvalue weighted by atomic mass is 19.4. The Bertz CT molecular complexity index is 1700. The molecule has 2 unspecified atom stereocenters. The van der Waals surface area contributed by atoms with Crippen molar-refractivity contribution in [3.63, 3.8) is 0 Å². The summed E-state index contributed by atoms with van der Waals surface area (Å²) < 4.78 is 77.5. The van der Waals surface area contributed by atoms with E-state index in [-0.39, 0.29) is 11.1 Å². The molecule has 1 aliphatic carbocycles. The van der Waals surface area contributed by atoms with Gasteiger partial charge in [0.25, 0.3) is 11.8 Å². The minimum absolute atomic E-state index is 0.0661. The molecule has 3 aromatic carbocycles. The second-order valence-corrected chi connectivity index (χ2v) is 9.79. The number of allylic oxidation sites excluding steroid dienone is 2. The monoisotopic (exact) mass is 584 g/mol. The molecule has 4 aromatic rings. The van der Waals surface area contributed by atoms with E-state index in [1.807, 2.05) is 0 Å². The maximum Gasteiger partial charge on any atom is 0.416 e. The van der Waals surface area contributed by atoms with Crippen LogP contribution in [0.25, 0.3) is 22.4 Å². The molecule has 42 heavy (non-hydrogen) atoms. The van der Waals surface area contributed by atoms with Gasteiger partial charge in [0.2, 0.25) is 0 Å². The summed E-state index contributed by atoms with van der Waals surface area (Å²) in [6.07, 6.45) is -5.41. The van der Waals surface area contributed by atoms with Gasteiger partial charge in [-0.05, 0) is 72.6 Å². The summed E-state index contributed by atoms with van der Waals surface area (Å²) >= 11 is 0. The Morgan fingerprint density at radius 1 is 0.833 bits per heavy atom. The number of nitrogens with one attached hydrogen (secondary N) is 3. The summed E-state index contributed by atoms with van der Waals surface area (Å²) in [5.41, 5.74) is 2.07. The van der Waals surface area contributed by atoms with E-state index in [0.29, 0.717) is 33.8 Å². The summed E-state index contributed by atoms with van der Waals surface area (Å²) in [5.74, 6) is -3.11. The molecular weight excluding hydrogens is 562 g/mol. The van der Waals surface area contributed by atoms with Crippen molar-refractivity contribution in [2.24, 2.45) is 11.8 Å². The van der Waals surface area contributed by atoms with Crippen LogP contribution in [-0.4, -0.2) is 28.0 Å². The lowest BCUT2D eigenvalue weighted by Gasteiger charge is -2.24. The average Bonchev–Trinajstić information content (AvgIpc) is 3.36. The van der Waals surface area contributed by atoms with Gasteiger partial charge in [0.05, 0.1) is 22.5 Å². The number of rotatable bonds is 5. The lowest BCUT2D eigenvalue weighted by Crippen LogP contribution is -2.29. The quantitative estimate of drug-likeness (QED) is 0.210. The largest absolute Gasteiger partial charge is 0.416 e. The first kappa shape index (κ1) is 28.7. The maximum absolute atomic E-state index is 13.1. The molecule has 2 atom stereocenters. The second kappa shape index (κ2) is 10.8. The van der Waals surface area contributed by atoms with E-state index in [9.17, 15) is 35.9 Å². The van der Waals surface area contributed by atoms with Gasteiger partial charge in [-0.3, -0.25) is 9.59 Å². The molecule has 2 amide bonds. The van der Waals surface area contributed by atoms with Crippen molar-refractivity contribution in [2.75, 3.05) is 10.6 Å².